The number of nitrogens with zero attached hydrogens (tertiary/aromatic N) is 1. The maximum Gasteiger partial charge on any atom is 0.255 e. The van der Waals surface area contributed by atoms with Gasteiger partial charge in [-0.3, -0.25) is 9.59 Å². The first-order valence-electron chi connectivity index (χ1n) is 13.5. The van der Waals surface area contributed by atoms with Crippen molar-refractivity contribution in [3.8, 4) is 0 Å². The Bertz CT molecular complexity index is 1500. The summed E-state index contributed by atoms with van der Waals surface area (Å²) < 4.78 is 13.1. The van der Waals surface area contributed by atoms with Crippen LogP contribution in [-0.4, -0.2) is 33.6 Å². The van der Waals surface area contributed by atoms with Gasteiger partial charge in [-0.15, -0.1) is 11.8 Å². The molecule has 210 valence electrons. The monoisotopic (exact) mass is 568 g/mol. The van der Waals surface area contributed by atoms with E-state index in [9.17, 15) is 14.7 Å². The van der Waals surface area contributed by atoms with Crippen molar-refractivity contribution in [1.29, 1.82) is 0 Å². The van der Waals surface area contributed by atoms with Crippen LogP contribution < -0.4 is 5.32 Å². The summed E-state index contributed by atoms with van der Waals surface area (Å²) in [6, 6.07) is 27.7. The zero-order chi connectivity index (χ0) is 28.8. The van der Waals surface area contributed by atoms with Crippen molar-refractivity contribution in [2.75, 3.05) is 11.1 Å². The number of ketones is 1. The molecule has 0 radical (unpaired) electrons. The molecule has 0 bridgehead atoms. The van der Waals surface area contributed by atoms with Gasteiger partial charge in [0.05, 0.1) is 23.8 Å². The number of Topliss-reactive ketones (excluding diaryl/α,β-unsaturated/α-hetero) is 1. The van der Waals surface area contributed by atoms with Crippen LogP contribution in [0.3, 0.4) is 0 Å². The van der Waals surface area contributed by atoms with E-state index < -0.39 is 6.29 Å². The number of aliphatic hydroxyl groups excluding tert-OH is 1. The molecular formula is C33H32N2O5S. The van der Waals surface area contributed by atoms with Crippen LogP contribution in [0.25, 0.3) is 0 Å². The Morgan fingerprint density at radius 3 is 2.41 bits per heavy atom. The smallest absolute Gasteiger partial charge is 0.255 e. The third-order valence-electron chi connectivity index (χ3n) is 7.10. The number of thioether (sulfide) groups is 1. The van der Waals surface area contributed by atoms with E-state index in [-0.39, 0.29) is 36.4 Å². The van der Waals surface area contributed by atoms with Gasteiger partial charge in [0.15, 0.2) is 12.1 Å². The molecule has 1 amide bonds. The summed E-state index contributed by atoms with van der Waals surface area (Å²) in [5.74, 6) is 0.341. The molecule has 2 N–H and O–H groups in total. The highest BCUT2D eigenvalue weighted by Crippen LogP contribution is 2.43. The zero-order valence-corrected chi connectivity index (χ0v) is 23.7. The van der Waals surface area contributed by atoms with Gasteiger partial charge in [0, 0.05) is 40.2 Å². The minimum atomic E-state index is -0.697. The molecule has 3 aromatic carbocycles. The molecule has 7 nitrogen and oxygen atoms in total. The fourth-order valence-corrected chi connectivity index (χ4v) is 5.78. The predicted molar refractivity (Wildman–Crippen MR) is 159 cm³/mol. The van der Waals surface area contributed by atoms with Gasteiger partial charge in [-0.2, -0.15) is 0 Å². The van der Waals surface area contributed by atoms with Crippen molar-refractivity contribution >= 4 is 29.1 Å². The van der Waals surface area contributed by atoms with Gasteiger partial charge in [0.25, 0.3) is 5.91 Å². The molecule has 5 rings (SSSR count). The van der Waals surface area contributed by atoms with Gasteiger partial charge in [0.2, 0.25) is 0 Å². The topological polar surface area (TPSA) is 97.8 Å². The molecule has 8 heteroatoms. The number of aliphatic hydroxyl groups is 1. The molecule has 41 heavy (non-hydrogen) atoms. The summed E-state index contributed by atoms with van der Waals surface area (Å²) in [6.07, 6.45) is 0.659. The molecule has 2 heterocycles. The molecule has 4 aromatic rings. The van der Waals surface area contributed by atoms with E-state index >= 15 is 0 Å². The highest BCUT2D eigenvalue weighted by molar-refractivity contribution is 7.99. The number of carbonyl (C=O) groups excluding carboxylic acids is 2. The van der Waals surface area contributed by atoms with E-state index in [0.717, 1.165) is 21.7 Å². The number of anilines is 1. The Hall–Kier alpha value is -3.82. The number of rotatable bonds is 9. The van der Waals surface area contributed by atoms with Crippen molar-refractivity contribution in [2.45, 2.75) is 44.0 Å². The van der Waals surface area contributed by atoms with E-state index in [0.29, 0.717) is 22.6 Å². The van der Waals surface area contributed by atoms with Gasteiger partial charge in [-0.25, -0.2) is 4.98 Å². The quantitative estimate of drug-likeness (QED) is 0.173. The lowest BCUT2D eigenvalue weighted by Gasteiger charge is -2.41. The van der Waals surface area contributed by atoms with Crippen LogP contribution in [0.1, 0.15) is 63.6 Å². The standard InChI is InChI=1S/C33H32N2O5S/c1-21-29(20-41-30-11-3-4-16-34-30)39-33(40-31(21)24-14-12-23(19-36)13-15-24)27-9-5-8-26(17-27)32(38)35-28-10-6-7-25(18-28)22(2)37/h3-18,21,29,31,33,36H,19-20H2,1-2H3,(H,35,38)/t21-,29+,31+,33?/m0/s1. The number of aromatic nitrogens is 1. The predicted octanol–water partition coefficient (Wildman–Crippen LogP) is 6.61. The van der Waals surface area contributed by atoms with Crippen molar-refractivity contribution < 1.29 is 24.2 Å². The van der Waals surface area contributed by atoms with E-state index in [2.05, 4.69) is 17.2 Å². The minimum Gasteiger partial charge on any atom is -0.392 e. The third kappa shape index (κ3) is 7.10. The Kier molecular flexibility index (Phi) is 9.26. The molecule has 1 unspecified atom stereocenters. The summed E-state index contributed by atoms with van der Waals surface area (Å²) in [4.78, 5) is 29.3. The Labute approximate surface area is 243 Å². The highest BCUT2D eigenvalue weighted by atomic mass is 32.2. The van der Waals surface area contributed by atoms with Gasteiger partial charge in [-0.05, 0) is 54.4 Å². The fraction of sp³-hybridized carbons (Fsp3) is 0.242. The van der Waals surface area contributed by atoms with Crippen LogP contribution in [0, 0.1) is 5.92 Å². The average Bonchev–Trinajstić information content (AvgIpc) is 3.01. The number of benzene rings is 3. The third-order valence-corrected chi connectivity index (χ3v) is 8.14. The number of pyridine rings is 1. The number of hydrogen-bond acceptors (Lipinski definition) is 7. The summed E-state index contributed by atoms with van der Waals surface area (Å²) in [5.41, 5.74) is 4.08. The van der Waals surface area contributed by atoms with Crippen LogP contribution in [0.2, 0.25) is 0 Å². The van der Waals surface area contributed by atoms with Gasteiger partial charge >= 0.3 is 0 Å². The Morgan fingerprint density at radius 2 is 1.68 bits per heavy atom. The highest BCUT2D eigenvalue weighted by Gasteiger charge is 2.38. The van der Waals surface area contributed by atoms with E-state index in [1.54, 1.807) is 54.4 Å². The first kappa shape index (κ1) is 28.7. The molecule has 1 aliphatic heterocycles. The largest absolute Gasteiger partial charge is 0.392 e. The first-order chi connectivity index (χ1) is 19.9. The molecule has 1 saturated heterocycles. The molecule has 0 aliphatic carbocycles. The molecule has 1 aliphatic rings. The lowest BCUT2D eigenvalue weighted by atomic mass is 9.91. The van der Waals surface area contributed by atoms with Crippen LogP contribution in [0.4, 0.5) is 5.69 Å². The van der Waals surface area contributed by atoms with E-state index in [4.69, 9.17) is 9.47 Å². The minimum absolute atomic E-state index is 0.0235. The molecule has 1 aromatic heterocycles. The summed E-state index contributed by atoms with van der Waals surface area (Å²) in [6.45, 7) is 3.58. The molecular weight excluding hydrogens is 536 g/mol. The lowest BCUT2D eigenvalue weighted by molar-refractivity contribution is -0.268. The Balaban J connectivity index is 1.38. The molecule has 0 saturated carbocycles. The van der Waals surface area contributed by atoms with E-state index in [1.807, 2.05) is 54.6 Å². The van der Waals surface area contributed by atoms with Gasteiger partial charge in [-0.1, -0.05) is 61.5 Å². The normalized spacial score (nSPS) is 20.4. The van der Waals surface area contributed by atoms with Crippen molar-refractivity contribution in [3.63, 3.8) is 0 Å². The average molecular weight is 569 g/mol. The second kappa shape index (κ2) is 13.2. The van der Waals surface area contributed by atoms with Crippen LogP contribution in [0.15, 0.2) is 102 Å². The van der Waals surface area contributed by atoms with Crippen LogP contribution >= 0.6 is 11.8 Å². The number of hydrogen-bond donors (Lipinski definition) is 2. The number of nitrogens with one attached hydrogen (secondary N) is 1. The van der Waals surface area contributed by atoms with Crippen LogP contribution in [-0.2, 0) is 16.1 Å². The number of carbonyl (C=O) groups is 2. The van der Waals surface area contributed by atoms with Crippen molar-refractivity contribution in [1.82, 2.24) is 4.98 Å². The second-order valence-electron chi connectivity index (χ2n) is 10.0. The molecule has 0 spiro atoms. The summed E-state index contributed by atoms with van der Waals surface area (Å²) in [7, 11) is 0. The SMILES string of the molecule is CC(=O)c1cccc(NC(=O)c2cccc(C3O[C@H](CSc4ccccn4)[C@H](C)[C@H](c4ccc(CO)cc4)O3)c2)c1. The summed E-state index contributed by atoms with van der Waals surface area (Å²) in [5, 5.41) is 13.3. The molecule has 1 fully saturated rings. The van der Waals surface area contributed by atoms with Gasteiger partial charge in [0.1, 0.15) is 0 Å². The van der Waals surface area contributed by atoms with Crippen molar-refractivity contribution in [2.24, 2.45) is 5.92 Å². The van der Waals surface area contributed by atoms with Crippen molar-refractivity contribution in [3.05, 3.63) is 125 Å². The maximum absolute atomic E-state index is 13.1. The van der Waals surface area contributed by atoms with Gasteiger partial charge < -0.3 is 19.9 Å². The summed E-state index contributed by atoms with van der Waals surface area (Å²) >= 11 is 1.63. The number of ether oxygens (including phenoxy) is 2. The zero-order valence-electron chi connectivity index (χ0n) is 22.9. The second-order valence-corrected chi connectivity index (χ2v) is 11.1. The van der Waals surface area contributed by atoms with Crippen LogP contribution in [0.5, 0.6) is 0 Å². The van der Waals surface area contributed by atoms with E-state index in [1.165, 1.54) is 6.92 Å². The molecule has 4 atom stereocenters. The fourth-order valence-electron chi connectivity index (χ4n) is 4.76. The number of amides is 1. The maximum atomic E-state index is 13.1. The first-order valence-corrected chi connectivity index (χ1v) is 14.5. The lowest BCUT2D eigenvalue weighted by Crippen LogP contribution is -2.38. The Morgan fingerprint density at radius 1 is 0.902 bits per heavy atom.